The van der Waals surface area contributed by atoms with Crippen LogP contribution in [0.15, 0.2) is 59.6 Å². The third-order valence-corrected chi connectivity index (χ3v) is 7.28. The summed E-state index contributed by atoms with van der Waals surface area (Å²) in [4.78, 5) is 8.30. The summed E-state index contributed by atoms with van der Waals surface area (Å²) >= 11 is 0. The molecule has 0 saturated heterocycles. The summed E-state index contributed by atoms with van der Waals surface area (Å²) in [5, 5.41) is 0. The molecule has 1 unspecified atom stereocenters. The van der Waals surface area contributed by atoms with Crippen molar-refractivity contribution < 1.29 is 17.5 Å². The molecule has 35 heavy (non-hydrogen) atoms. The number of rotatable bonds is 6. The van der Waals surface area contributed by atoms with Gasteiger partial charge >= 0.3 is 0 Å². The molecule has 2 aromatic carbocycles. The van der Waals surface area contributed by atoms with E-state index >= 15 is 4.39 Å². The van der Waals surface area contributed by atoms with Crippen molar-refractivity contribution in [3.8, 4) is 17.0 Å². The number of pyridine rings is 1. The standard InChI is InChI=1S/C25H28FN5O3S/c1-15(16-9-7-6-8-10-16)31-21-12-18(19(26)13-20(21)29-24(31)27)17-11-22(23(34-5)28-14-17)35(32,33)30-25(2,3)4/h6-15,30H,1-5H3,(H2,27,29). The molecule has 0 saturated carbocycles. The number of methoxy groups -OCH3 is 1. The number of nitrogen functional groups attached to an aromatic ring is 1. The van der Waals surface area contributed by atoms with Gasteiger partial charge in [0.05, 0.1) is 24.2 Å². The third-order valence-electron chi connectivity index (χ3n) is 5.53. The van der Waals surface area contributed by atoms with Gasteiger partial charge in [0.25, 0.3) is 0 Å². The molecular weight excluding hydrogens is 469 g/mol. The molecule has 2 heterocycles. The van der Waals surface area contributed by atoms with Crippen LogP contribution < -0.4 is 15.2 Å². The van der Waals surface area contributed by atoms with Gasteiger partial charge in [-0.05, 0) is 45.4 Å². The Hall–Kier alpha value is -3.50. The van der Waals surface area contributed by atoms with Gasteiger partial charge in [0.15, 0.2) is 0 Å². The fourth-order valence-electron chi connectivity index (χ4n) is 4.03. The molecule has 0 bridgehead atoms. The zero-order valence-corrected chi connectivity index (χ0v) is 21.0. The summed E-state index contributed by atoms with van der Waals surface area (Å²) in [6, 6.07) is 13.8. The number of halogens is 1. The predicted molar refractivity (Wildman–Crippen MR) is 134 cm³/mol. The van der Waals surface area contributed by atoms with Crippen molar-refractivity contribution in [2.45, 2.75) is 44.2 Å². The molecule has 0 aliphatic heterocycles. The highest BCUT2D eigenvalue weighted by molar-refractivity contribution is 7.89. The molecule has 0 aliphatic carbocycles. The van der Waals surface area contributed by atoms with Crippen LogP contribution in [0, 0.1) is 5.82 Å². The van der Waals surface area contributed by atoms with Crippen LogP contribution in [0.5, 0.6) is 5.88 Å². The van der Waals surface area contributed by atoms with Crippen LogP contribution in [-0.4, -0.2) is 35.6 Å². The Morgan fingerprint density at radius 2 is 1.83 bits per heavy atom. The number of aromatic nitrogens is 3. The number of hydrogen-bond donors (Lipinski definition) is 2. The minimum atomic E-state index is -4.00. The molecule has 4 rings (SSSR count). The maximum absolute atomic E-state index is 15.2. The van der Waals surface area contributed by atoms with E-state index in [-0.39, 0.29) is 33.9 Å². The van der Waals surface area contributed by atoms with Gasteiger partial charge in [-0.15, -0.1) is 0 Å². The molecule has 0 fully saturated rings. The van der Waals surface area contributed by atoms with E-state index in [2.05, 4.69) is 14.7 Å². The topological polar surface area (TPSA) is 112 Å². The van der Waals surface area contributed by atoms with Crippen LogP contribution in [-0.2, 0) is 10.0 Å². The molecule has 10 heteroatoms. The van der Waals surface area contributed by atoms with Crippen LogP contribution in [0.1, 0.15) is 39.3 Å². The van der Waals surface area contributed by atoms with E-state index < -0.39 is 21.4 Å². The monoisotopic (exact) mass is 497 g/mol. The number of sulfonamides is 1. The summed E-state index contributed by atoms with van der Waals surface area (Å²) < 4.78 is 50.9. The fourth-order valence-corrected chi connectivity index (χ4v) is 5.59. The first-order valence-electron chi connectivity index (χ1n) is 11.0. The van der Waals surface area contributed by atoms with Crippen molar-refractivity contribution in [3.05, 3.63) is 66.1 Å². The SMILES string of the molecule is COc1ncc(-c2cc3c(cc2F)nc(N)n3C(C)c2ccccc2)cc1S(=O)(=O)NC(C)(C)C. The number of nitrogens with two attached hydrogens (primary N) is 1. The molecular formula is C25H28FN5O3S. The molecule has 1 atom stereocenters. The molecule has 0 amide bonds. The van der Waals surface area contributed by atoms with Crippen molar-refractivity contribution in [2.75, 3.05) is 12.8 Å². The van der Waals surface area contributed by atoms with Crippen LogP contribution in [0.4, 0.5) is 10.3 Å². The first-order valence-corrected chi connectivity index (χ1v) is 12.5. The first-order chi connectivity index (χ1) is 16.4. The second-order valence-electron chi connectivity index (χ2n) is 9.33. The van der Waals surface area contributed by atoms with Crippen molar-refractivity contribution in [2.24, 2.45) is 0 Å². The van der Waals surface area contributed by atoms with Gasteiger partial charge < -0.3 is 15.0 Å². The van der Waals surface area contributed by atoms with Crippen molar-refractivity contribution in [1.29, 1.82) is 0 Å². The van der Waals surface area contributed by atoms with Gasteiger partial charge in [-0.1, -0.05) is 30.3 Å². The smallest absolute Gasteiger partial charge is 0.246 e. The largest absolute Gasteiger partial charge is 0.480 e. The Morgan fingerprint density at radius 1 is 1.14 bits per heavy atom. The van der Waals surface area contributed by atoms with Crippen LogP contribution in [0.3, 0.4) is 0 Å². The number of ether oxygens (including phenoxy) is 1. The van der Waals surface area contributed by atoms with E-state index in [0.29, 0.717) is 11.0 Å². The van der Waals surface area contributed by atoms with Gasteiger partial charge in [-0.3, -0.25) is 0 Å². The zero-order valence-electron chi connectivity index (χ0n) is 20.2. The number of hydrogen-bond acceptors (Lipinski definition) is 6. The second-order valence-corrected chi connectivity index (χ2v) is 11.0. The summed E-state index contributed by atoms with van der Waals surface area (Å²) in [6.45, 7) is 7.15. The molecule has 184 valence electrons. The Balaban J connectivity index is 1.88. The average Bonchev–Trinajstić information content (AvgIpc) is 3.11. The fraction of sp³-hybridized carbons (Fsp3) is 0.280. The van der Waals surface area contributed by atoms with E-state index in [1.165, 1.54) is 25.4 Å². The molecule has 0 radical (unpaired) electrons. The molecule has 4 aromatic rings. The second kappa shape index (κ2) is 8.94. The lowest BCUT2D eigenvalue weighted by molar-refractivity contribution is 0.384. The molecule has 2 aromatic heterocycles. The Bertz CT molecular complexity index is 1500. The number of benzene rings is 2. The maximum Gasteiger partial charge on any atom is 0.246 e. The molecule has 3 N–H and O–H groups in total. The van der Waals surface area contributed by atoms with Crippen molar-refractivity contribution >= 4 is 27.0 Å². The lowest BCUT2D eigenvalue weighted by Gasteiger charge is -2.21. The average molecular weight is 498 g/mol. The van der Waals surface area contributed by atoms with Gasteiger partial charge in [0.1, 0.15) is 10.7 Å². The van der Waals surface area contributed by atoms with E-state index in [9.17, 15) is 8.42 Å². The van der Waals surface area contributed by atoms with Gasteiger partial charge in [-0.25, -0.2) is 27.5 Å². The summed E-state index contributed by atoms with van der Waals surface area (Å²) in [6.07, 6.45) is 1.38. The van der Waals surface area contributed by atoms with E-state index in [0.717, 1.165) is 5.56 Å². The summed E-state index contributed by atoms with van der Waals surface area (Å²) in [5.41, 5.74) is 7.95. The Kier molecular flexibility index (Phi) is 6.29. The van der Waals surface area contributed by atoms with E-state index in [1.54, 1.807) is 26.8 Å². The van der Waals surface area contributed by atoms with Crippen LogP contribution >= 0.6 is 0 Å². The van der Waals surface area contributed by atoms with Gasteiger partial charge in [0, 0.05) is 28.9 Å². The van der Waals surface area contributed by atoms with E-state index in [1.807, 2.05) is 41.8 Å². The number of nitrogens with zero attached hydrogens (tertiary/aromatic N) is 3. The highest BCUT2D eigenvalue weighted by atomic mass is 32.2. The Labute approximate surface area is 204 Å². The van der Waals surface area contributed by atoms with Crippen molar-refractivity contribution in [1.82, 2.24) is 19.3 Å². The lowest BCUT2D eigenvalue weighted by atomic mass is 10.0. The van der Waals surface area contributed by atoms with Gasteiger partial charge in [0.2, 0.25) is 21.9 Å². The quantitative estimate of drug-likeness (QED) is 0.405. The van der Waals surface area contributed by atoms with Crippen molar-refractivity contribution in [3.63, 3.8) is 0 Å². The summed E-state index contributed by atoms with van der Waals surface area (Å²) in [5.74, 6) is -0.411. The minimum Gasteiger partial charge on any atom is -0.480 e. The lowest BCUT2D eigenvalue weighted by Crippen LogP contribution is -2.40. The third kappa shape index (κ3) is 4.85. The molecule has 0 spiro atoms. The predicted octanol–water partition coefficient (Wildman–Crippen LogP) is 4.51. The maximum atomic E-state index is 15.2. The van der Waals surface area contributed by atoms with Gasteiger partial charge in [-0.2, -0.15) is 0 Å². The van der Waals surface area contributed by atoms with Crippen LogP contribution in [0.25, 0.3) is 22.2 Å². The molecule has 8 nitrogen and oxygen atoms in total. The summed E-state index contributed by atoms with van der Waals surface area (Å²) in [7, 11) is -2.67. The molecule has 0 aliphatic rings. The number of nitrogens with one attached hydrogen (secondary N) is 1. The number of fused-ring (bicyclic) bond motifs is 1. The van der Waals surface area contributed by atoms with E-state index in [4.69, 9.17) is 10.5 Å². The number of anilines is 1. The Morgan fingerprint density at radius 3 is 2.46 bits per heavy atom. The minimum absolute atomic E-state index is 0.0843. The zero-order chi connectivity index (χ0) is 25.5. The number of imidazole rings is 1. The van der Waals surface area contributed by atoms with Crippen LogP contribution in [0.2, 0.25) is 0 Å². The first kappa shape index (κ1) is 24.6. The normalized spacial score (nSPS) is 13.2. The highest BCUT2D eigenvalue weighted by Crippen LogP contribution is 2.34. The highest BCUT2D eigenvalue weighted by Gasteiger charge is 2.27.